The standard InChI is InChI=1S/C18H29N5O2/c1-21-15(8-10-20-21)4-6-18(25)23-12-2-11-22(13-14-23)16-3-5-17(24)19-9-7-16/h8,10,16H,2-7,9,11-14H2,1H3,(H,19,24). The van der Waals surface area contributed by atoms with E-state index in [1.165, 1.54) is 0 Å². The molecule has 3 heterocycles. The van der Waals surface area contributed by atoms with Gasteiger partial charge in [-0.2, -0.15) is 5.10 Å². The zero-order chi connectivity index (χ0) is 17.6. The molecule has 2 aliphatic rings. The summed E-state index contributed by atoms with van der Waals surface area (Å²) in [4.78, 5) is 28.6. The van der Waals surface area contributed by atoms with Gasteiger partial charge in [0.25, 0.3) is 0 Å². The van der Waals surface area contributed by atoms with Crippen molar-refractivity contribution in [1.29, 1.82) is 0 Å². The first-order chi connectivity index (χ1) is 12.1. The summed E-state index contributed by atoms with van der Waals surface area (Å²) in [5.41, 5.74) is 1.10. The van der Waals surface area contributed by atoms with E-state index >= 15 is 0 Å². The number of carbonyl (C=O) groups excluding carboxylic acids is 2. The lowest BCUT2D eigenvalue weighted by atomic mass is 10.1. The lowest BCUT2D eigenvalue weighted by Gasteiger charge is -2.29. The van der Waals surface area contributed by atoms with Crippen molar-refractivity contribution in [2.24, 2.45) is 7.05 Å². The number of rotatable bonds is 4. The molecular weight excluding hydrogens is 318 g/mol. The number of amides is 2. The molecule has 1 unspecified atom stereocenters. The van der Waals surface area contributed by atoms with Crippen LogP contribution in [-0.2, 0) is 23.1 Å². The molecule has 3 rings (SSSR count). The van der Waals surface area contributed by atoms with Gasteiger partial charge in [0.2, 0.25) is 11.8 Å². The highest BCUT2D eigenvalue weighted by Crippen LogP contribution is 2.17. The highest BCUT2D eigenvalue weighted by molar-refractivity contribution is 5.76. The maximum atomic E-state index is 12.6. The van der Waals surface area contributed by atoms with Gasteiger partial charge < -0.3 is 10.2 Å². The van der Waals surface area contributed by atoms with Crippen LogP contribution in [-0.4, -0.2) is 70.2 Å². The molecule has 1 N–H and O–H groups in total. The van der Waals surface area contributed by atoms with E-state index in [2.05, 4.69) is 15.3 Å². The highest BCUT2D eigenvalue weighted by atomic mass is 16.2. The molecule has 0 radical (unpaired) electrons. The van der Waals surface area contributed by atoms with Crippen molar-refractivity contribution in [3.63, 3.8) is 0 Å². The number of aromatic nitrogens is 2. The molecule has 0 aromatic carbocycles. The molecule has 0 aliphatic carbocycles. The largest absolute Gasteiger partial charge is 0.356 e. The molecule has 25 heavy (non-hydrogen) atoms. The summed E-state index contributed by atoms with van der Waals surface area (Å²) in [5, 5.41) is 7.11. The van der Waals surface area contributed by atoms with Crippen molar-refractivity contribution in [1.82, 2.24) is 24.9 Å². The summed E-state index contributed by atoms with van der Waals surface area (Å²) in [6.07, 6.45) is 6.63. The van der Waals surface area contributed by atoms with Gasteiger partial charge in [-0.3, -0.25) is 19.2 Å². The van der Waals surface area contributed by atoms with Crippen molar-refractivity contribution in [2.45, 2.75) is 44.6 Å². The molecule has 1 aromatic heterocycles. The van der Waals surface area contributed by atoms with Gasteiger partial charge in [-0.15, -0.1) is 0 Å². The molecule has 2 amide bonds. The van der Waals surface area contributed by atoms with Crippen molar-refractivity contribution < 1.29 is 9.59 Å². The Morgan fingerprint density at radius 3 is 2.96 bits per heavy atom. The average Bonchev–Trinajstić information content (AvgIpc) is 2.80. The minimum atomic E-state index is 0.171. The molecule has 2 aliphatic heterocycles. The van der Waals surface area contributed by atoms with Gasteiger partial charge in [0.1, 0.15) is 0 Å². The third-order valence-electron chi connectivity index (χ3n) is 5.42. The second-order valence-electron chi connectivity index (χ2n) is 7.05. The number of hydrogen-bond donors (Lipinski definition) is 1. The SMILES string of the molecule is Cn1nccc1CCC(=O)N1CCCN(C2CCNC(=O)CC2)CC1. The summed E-state index contributed by atoms with van der Waals surface area (Å²) in [6.45, 7) is 4.33. The lowest BCUT2D eigenvalue weighted by Crippen LogP contribution is -2.40. The molecule has 7 heteroatoms. The number of aryl methyl sites for hydroxylation is 2. The molecule has 0 saturated carbocycles. The maximum Gasteiger partial charge on any atom is 0.223 e. The first-order valence-corrected chi connectivity index (χ1v) is 9.39. The Bertz CT molecular complexity index is 600. The van der Waals surface area contributed by atoms with E-state index in [0.717, 1.165) is 64.1 Å². The van der Waals surface area contributed by atoms with Gasteiger partial charge in [0.15, 0.2) is 0 Å². The van der Waals surface area contributed by atoms with Crippen molar-refractivity contribution in [3.8, 4) is 0 Å². The summed E-state index contributed by atoms with van der Waals surface area (Å²) in [5.74, 6) is 0.407. The van der Waals surface area contributed by atoms with E-state index in [1.54, 1.807) is 6.20 Å². The van der Waals surface area contributed by atoms with Crippen LogP contribution in [0.15, 0.2) is 12.3 Å². The Labute approximate surface area is 149 Å². The molecule has 138 valence electrons. The van der Waals surface area contributed by atoms with Gasteiger partial charge in [0.05, 0.1) is 0 Å². The Hall–Kier alpha value is -1.89. The van der Waals surface area contributed by atoms with E-state index in [1.807, 2.05) is 22.7 Å². The summed E-state index contributed by atoms with van der Waals surface area (Å²) in [6, 6.07) is 2.43. The number of nitrogens with one attached hydrogen (secondary N) is 1. The molecule has 2 fully saturated rings. The smallest absolute Gasteiger partial charge is 0.223 e. The normalized spacial score (nSPS) is 23.0. The van der Waals surface area contributed by atoms with Crippen LogP contribution in [0.5, 0.6) is 0 Å². The second-order valence-corrected chi connectivity index (χ2v) is 7.05. The van der Waals surface area contributed by atoms with E-state index in [-0.39, 0.29) is 11.8 Å². The molecule has 0 spiro atoms. The van der Waals surface area contributed by atoms with Crippen molar-refractivity contribution in [3.05, 3.63) is 18.0 Å². The third kappa shape index (κ3) is 4.81. The van der Waals surface area contributed by atoms with Gasteiger partial charge in [0, 0.05) is 70.5 Å². The molecule has 1 aromatic rings. The van der Waals surface area contributed by atoms with Crippen LogP contribution in [0.4, 0.5) is 0 Å². The van der Waals surface area contributed by atoms with Crippen LogP contribution >= 0.6 is 0 Å². The van der Waals surface area contributed by atoms with Crippen molar-refractivity contribution in [2.75, 3.05) is 32.7 Å². The Morgan fingerprint density at radius 2 is 2.16 bits per heavy atom. The third-order valence-corrected chi connectivity index (χ3v) is 5.42. The Kier molecular flexibility index (Phi) is 6.07. The summed E-state index contributed by atoms with van der Waals surface area (Å²) in [7, 11) is 1.91. The first kappa shape index (κ1) is 17.9. The number of carbonyl (C=O) groups is 2. The van der Waals surface area contributed by atoms with E-state index in [4.69, 9.17) is 0 Å². The molecule has 7 nitrogen and oxygen atoms in total. The predicted octanol–water partition coefficient (Wildman–Crippen LogP) is 0.556. The average molecular weight is 347 g/mol. The van der Waals surface area contributed by atoms with Crippen molar-refractivity contribution >= 4 is 11.8 Å². The quantitative estimate of drug-likeness (QED) is 0.864. The van der Waals surface area contributed by atoms with Gasteiger partial charge in [-0.05, 0) is 31.7 Å². The minimum absolute atomic E-state index is 0.171. The van der Waals surface area contributed by atoms with Crippen LogP contribution < -0.4 is 5.32 Å². The predicted molar refractivity (Wildman–Crippen MR) is 94.9 cm³/mol. The molecule has 2 saturated heterocycles. The fraction of sp³-hybridized carbons (Fsp3) is 0.722. The van der Waals surface area contributed by atoms with Crippen LogP contribution in [0.1, 0.15) is 37.8 Å². The van der Waals surface area contributed by atoms with E-state index in [0.29, 0.717) is 18.9 Å². The van der Waals surface area contributed by atoms with E-state index < -0.39 is 0 Å². The fourth-order valence-electron chi connectivity index (χ4n) is 3.87. The zero-order valence-electron chi connectivity index (χ0n) is 15.1. The van der Waals surface area contributed by atoms with Crippen LogP contribution in [0.2, 0.25) is 0 Å². The monoisotopic (exact) mass is 347 g/mol. The Balaban J connectivity index is 1.48. The molecular formula is C18H29N5O2. The molecule has 0 bridgehead atoms. The van der Waals surface area contributed by atoms with Gasteiger partial charge in [-0.1, -0.05) is 0 Å². The van der Waals surface area contributed by atoms with E-state index in [9.17, 15) is 9.59 Å². The lowest BCUT2D eigenvalue weighted by molar-refractivity contribution is -0.131. The Morgan fingerprint density at radius 1 is 1.28 bits per heavy atom. The van der Waals surface area contributed by atoms with Crippen LogP contribution in [0.3, 0.4) is 0 Å². The summed E-state index contributed by atoms with van der Waals surface area (Å²) < 4.78 is 1.83. The number of nitrogens with zero attached hydrogens (tertiary/aromatic N) is 4. The topological polar surface area (TPSA) is 70.5 Å². The number of hydrogen-bond acceptors (Lipinski definition) is 4. The second kappa shape index (κ2) is 8.47. The summed E-state index contributed by atoms with van der Waals surface area (Å²) >= 11 is 0. The van der Waals surface area contributed by atoms with Gasteiger partial charge in [-0.25, -0.2) is 0 Å². The minimum Gasteiger partial charge on any atom is -0.356 e. The maximum absolute atomic E-state index is 12.6. The zero-order valence-corrected chi connectivity index (χ0v) is 15.1. The van der Waals surface area contributed by atoms with Gasteiger partial charge >= 0.3 is 0 Å². The first-order valence-electron chi connectivity index (χ1n) is 9.39. The van der Waals surface area contributed by atoms with Crippen LogP contribution in [0.25, 0.3) is 0 Å². The fourth-order valence-corrected chi connectivity index (χ4v) is 3.87. The van der Waals surface area contributed by atoms with Crippen LogP contribution in [0, 0.1) is 0 Å². The molecule has 1 atom stereocenters. The highest BCUT2D eigenvalue weighted by Gasteiger charge is 2.25.